The third kappa shape index (κ3) is 7.16. The predicted molar refractivity (Wildman–Crippen MR) is 273 cm³/mol. The molecule has 0 unspecified atom stereocenters. The van der Waals surface area contributed by atoms with Crippen LogP contribution in [-0.4, -0.2) is 24.9 Å². The van der Waals surface area contributed by atoms with Crippen molar-refractivity contribution < 1.29 is 8.83 Å². The second kappa shape index (κ2) is 16.3. The minimum absolute atomic E-state index is 0.542. The van der Waals surface area contributed by atoms with Crippen molar-refractivity contribution >= 4 is 43.9 Å². The molecule has 0 saturated heterocycles. The molecule has 13 aromatic rings. The van der Waals surface area contributed by atoms with Gasteiger partial charge in [0.1, 0.15) is 22.3 Å². The van der Waals surface area contributed by atoms with E-state index in [-0.39, 0.29) is 0 Å². The van der Waals surface area contributed by atoms with E-state index >= 15 is 0 Å². The normalized spacial score (nSPS) is 11.5. The van der Waals surface area contributed by atoms with Crippen LogP contribution in [0.5, 0.6) is 0 Å². The molecule has 0 bridgehead atoms. The van der Waals surface area contributed by atoms with Crippen LogP contribution >= 0.6 is 0 Å². The van der Waals surface area contributed by atoms with Crippen molar-refractivity contribution in [3.05, 3.63) is 224 Å². The Labute approximate surface area is 390 Å². The zero-order valence-electron chi connectivity index (χ0n) is 36.4. The zero-order chi connectivity index (χ0) is 45.0. The Morgan fingerprint density at radius 1 is 0.206 bits per heavy atom. The van der Waals surface area contributed by atoms with Gasteiger partial charge in [-0.2, -0.15) is 0 Å². The van der Waals surface area contributed by atoms with Gasteiger partial charge in [-0.15, -0.1) is 0 Å². The van der Waals surface area contributed by atoms with Crippen LogP contribution in [0.3, 0.4) is 0 Å². The molecule has 9 aromatic carbocycles. The highest BCUT2D eigenvalue weighted by molar-refractivity contribution is 6.07. The molecule has 0 aliphatic carbocycles. The fraction of sp³-hybridized carbons (Fsp3) is 0. The lowest BCUT2D eigenvalue weighted by Gasteiger charge is -2.11. The van der Waals surface area contributed by atoms with Gasteiger partial charge in [-0.05, 0) is 70.8 Å². The van der Waals surface area contributed by atoms with E-state index in [4.69, 9.17) is 33.8 Å². The molecule has 0 fully saturated rings. The molecule has 0 aliphatic rings. The number of fused-ring (bicyclic) bond motifs is 6. The van der Waals surface area contributed by atoms with Gasteiger partial charge < -0.3 is 8.83 Å². The summed E-state index contributed by atoms with van der Waals surface area (Å²) in [6, 6.07) is 76.6. The molecule has 4 aromatic heterocycles. The minimum Gasteiger partial charge on any atom is -0.456 e. The third-order valence-electron chi connectivity index (χ3n) is 12.6. The molecular formula is C61H37N5O2. The van der Waals surface area contributed by atoms with Crippen LogP contribution in [0.15, 0.2) is 233 Å². The molecular weight excluding hydrogens is 835 g/mol. The molecule has 0 amide bonds. The van der Waals surface area contributed by atoms with Gasteiger partial charge in [0.15, 0.2) is 23.3 Å². The lowest BCUT2D eigenvalue weighted by molar-refractivity contribution is 0.668. The summed E-state index contributed by atoms with van der Waals surface area (Å²) >= 11 is 0. The van der Waals surface area contributed by atoms with Crippen LogP contribution in [0.4, 0.5) is 0 Å². The van der Waals surface area contributed by atoms with Crippen LogP contribution < -0.4 is 0 Å². The van der Waals surface area contributed by atoms with Gasteiger partial charge in [-0.1, -0.05) is 176 Å². The topological polar surface area (TPSA) is 90.7 Å². The Kier molecular flexibility index (Phi) is 9.35. The summed E-state index contributed by atoms with van der Waals surface area (Å²) in [6.07, 6.45) is 0. The van der Waals surface area contributed by atoms with Crippen molar-refractivity contribution in [3.8, 4) is 90.3 Å². The molecule has 0 saturated carbocycles. The lowest BCUT2D eigenvalue weighted by atomic mass is 9.99. The first kappa shape index (κ1) is 39.1. The number of nitrogens with zero attached hydrogens (tertiary/aromatic N) is 5. The first-order chi connectivity index (χ1) is 33.6. The van der Waals surface area contributed by atoms with Crippen LogP contribution in [0, 0.1) is 0 Å². The Balaban J connectivity index is 0.869. The molecule has 7 heteroatoms. The number of para-hydroxylation sites is 2. The Morgan fingerprint density at radius 3 is 1.13 bits per heavy atom. The highest BCUT2D eigenvalue weighted by atomic mass is 16.3. The molecule has 13 rings (SSSR count). The maximum absolute atomic E-state index is 6.29. The van der Waals surface area contributed by atoms with E-state index in [1.807, 2.05) is 72.8 Å². The molecule has 0 spiro atoms. The summed E-state index contributed by atoms with van der Waals surface area (Å²) in [5.41, 5.74) is 14.8. The van der Waals surface area contributed by atoms with Gasteiger partial charge in [-0.3, -0.25) is 0 Å². The molecule has 0 N–H and O–H groups in total. The second-order valence-corrected chi connectivity index (χ2v) is 16.9. The quantitative estimate of drug-likeness (QED) is 0.150. The van der Waals surface area contributed by atoms with Gasteiger partial charge >= 0.3 is 0 Å². The minimum atomic E-state index is 0.542. The van der Waals surface area contributed by atoms with Gasteiger partial charge in [0.2, 0.25) is 0 Å². The van der Waals surface area contributed by atoms with Crippen LogP contribution in [0.25, 0.3) is 134 Å². The fourth-order valence-electron chi connectivity index (χ4n) is 9.09. The number of hydrogen-bond donors (Lipinski definition) is 0. The maximum atomic E-state index is 6.29. The van der Waals surface area contributed by atoms with Crippen molar-refractivity contribution in [1.29, 1.82) is 0 Å². The Morgan fingerprint density at radius 2 is 0.574 bits per heavy atom. The largest absolute Gasteiger partial charge is 0.456 e. The molecule has 0 radical (unpaired) electrons. The van der Waals surface area contributed by atoms with Crippen molar-refractivity contribution in [3.63, 3.8) is 0 Å². The average Bonchev–Trinajstić information content (AvgIpc) is 3.99. The molecule has 318 valence electrons. The zero-order valence-corrected chi connectivity index (χ0v) is 36.4. The number of benzene rings is 9. The summed E-state index contributed by atoms with van der Waals surface area (Å²) in [6.45, 7) is 0. The van der Waals surface area contributed by atoms with Gasteiger partial charge in [-0.25, -0.2) is 24.9 Å². The molecule has 68 heavy (non-hydrogen) atoms. The van der Waals surface area contributed by atoms with E-state index in [9.17, 15) is 0 Å². The third-order valence-corrected chi connectivity index (χ3v) is 12.6. The highest BCUT2D eigenvalue weighted by Gasteiger charge is 2.18. The van der Waals surface area contributed by atoms with Crippen LogP contribution in [0.1, 0.15) is 0 Å². The Bertz CT molecular complexity index is 3880. The maximum Gasteiger partial charge on any atom is 0.164 e. The van der Waals surface area contributed by atoms with E-state index in [0.29, 0.717) is 23.3 Å². The Hall–Kier alpha value is -9.33. The van der Waals surface area contributed by atoms with E-state index in [1.54, 1.807) is 0 Å². The number of hydrogen-bond acceptors (Lipinski definition) is 7. The van der Waals surface area contributed by atoms with Crippen LogP contribution in [-0.2, 0) is 0 Å². The lowest BCUT2D eigenvalue weighted by Crippen LogP contribution is -2.00. The number of furan rings is 2. The standard InChI is InChI=1S/C61H37N5O2/c1-3-12-38(13-4-1)39-22-26-42(27-23-39)58-62-52(41-14-5-2-6-15-41)37-53(63-58)45-17-11-16-44(34-45)40-24-28-43(29-25-40)59-64-60(46-30-32-50-48-18-7-9-20-54(48)67-56(50)35-46)66-61(65-59)47-31-33-51-49-19-8-10-21-55(49)68-57(51)36-47/h1-37H. The summed E-state index contributed by atoms with van der Waals surface area (Å²) in [4.78, 5) is 25.5. The smallest absolute Gasteiger partial charge is 0.164 e. The monoisotopic (exact) mass is 871 g/mol. The van der Waals surface area contributed by atoms with Crippen molar-refractivity contribution in [2.24, 2.45) is 0 Å². The SMILES string of the molecule is c1ccc(-c2ccc(-c3nc(-c4ccccc4)cc(-c4cccc(-c5ccc(-c6nc(-c7ccc8c(c7)oc7ccccc78)nc(-c7ccc8c(c7)oc7ccccc78)n6)cc5)c4)n3)cc2)cc1. The first-order valence-electron chi connectivity index (χ1n) is 22.5. The molecule has 0 atom stereocenters. The average molecular weight is 872 g/mol. The fourth-order valence-corrected chi connectivity index (χ4v) is 9.09. The van der Waals surface area contributed by atoms with E-state index in [1.165, 1.54) is 5.56 Å². The highest BCUT2D eigenvalue weighted by Crippen LogP contribution is 2.36. The van der Waals surface area contributed by atoms with Crippen molar-refractivity contribution in [1.82, 2.24) is 24.9 Å². The number of rotatable bonds is 8. The molecule has 7 nitrogen and oxygen atoms in total. The summed E-state index contributed by atoms with van der Waals surface area (Å²) in [5, 5.41) is 4.22. The number of aromatic nitrogens is 5. The van der Waals surface area contributed by atoms with E-state index in [0.717, 1.165) is 105 Å². The summed E-state index contributed by atoms with van der Waals surface area (Å²) in [7, 11) is 0. The summed E-state index contributed by atoms with van der Waals surface area (Å²) in [5.74, 6) is 2.31. The second-order valence-electron chi connectivity index (χ2n) is 16.9. The molecule has 4 heterocycles. The first-order valence-corrected chi connectivity index (χ1v) is 22.5. The molecule has 0 aliphatic heterocycles. The van der Waals surface area contributed by atoms with Gasteiger partial charge in [0, 0.05) is 54.9 Å². The van der Waals surface area contributed by atoms with Gasteiger partial charge in [0.05, 0.1) is 11.4 Å². The van der Waals surface area contributed by atoms with Crippen molar-refractivity contribution in [2.75, 3.05) is 0 Å². The van der Waals surface area contributed by atoms with E-state index < -0.39 is 0 Å². The van der Waals surface area contributed by atoms with Gasteiger partial charge in [0.25, 0.3) is 0 Å². The van der Waals surface area contributed by atoms with Crippen LogP contribution in [0.2, 0.25) is 0 Å². The van der Waals surface area contributed by atoms with Crippen molar-refractivity contribution in [2.45, 2.75) is 0 Å². The predicted octanol–water partition coefficient (Wildman–Crippen LogP) is 15.8. The summed E-state index contributed by atoms with van der Waals surface area (Å²) < 4.78 is 12.6. The van der Waals surface area contributed by atoms with E-state index in [2.05, 4.69) is 152 Å².